The van der Waals surface area contributed by atoms with Crippen molar-refractivity contribution in [3.8, 4) is 0 Å². The third-order valence-corrected chi connectivity index (χ3v) is 4.97. The van der Waals surface area contributed by atoms with Crippen LogP contribution < -0.4 is 4.90 Å². The Balaban J connectivity index is 1.64. The molecule has 0 N–H and O–H groups in total. The molecule has 1 saturated heterocycles. The Labute approximate surface area is 141 Å². The predicted molar refractivity (Wildman–Crippen MR) is 96.2 cm³/mol. The first-order valence-electron chi connectivity index (χ1n) is 8.48. The summed E-state index contributed by atoms with van der Waals surface area (Å²) in [4.78, 5) is 19.2. The summed E-state index contributed by atoms with van der Waals surface area (Å²) in [6, 6.07) is 16.4. The van der Waals surface area contributed by atoms with E-state index in [1.165, 1.54) is 5.56 Å². The molecular formula is C20H21N3O. The monoisotopic (exact) mass is 319 g/mol. The highest BCUT2D eigenvalue weighted by molar-refractivity contribution is 5.96. The summed E-state index contributed by atoms with van der Waals surface area (Å²) in [6.07, 6.45) is 1.53. The largest absolute Gasteiger partial charge is 0.331 e. The van der Waals surface area contributed by atoms with E-state index in [-0.39, 0.29) is 11.8 Å². The highest BCUT2D eigenvalue weighted by atomic mass is 16.2. The van der Waals surface area contributed by atoms with Crippen LogP contribution in [0.2, 0.25) is 0 Å². The van der Waals surface area contributed by atoms with Crippen LogP contribution in [0.15, 0.2) is 48.5 Å². The van der Waals surface area contributed by atoms with Gasteiger partial charge in [0.1, 0.15) is 5.82 Å². The standard InChI is InChI=1S/C20H21N3O/c1-3-14-8-10-16(11-9-14)23-13-15(12-19(23)24)20-21-17-6-4-5-7-18(17)22(20)2/h4-11,15H,3,12-13H2,1-2H3/t15-/m0/s1. The van der Waals surface area contributed by atoms with Crippen molar-refractivity contribution < 1.29 is 4.79 Å². The summed E-state index contributed by atoms with van der Waals surface area (Å²) in [7, 11) is 2.04. The molecule has 2 aromatic carbocycles. The number of amides is 1. The molecule has 1 amide bonds. The van der Waals surface area contributed by atoms with Gasteiger partial charge in [0.05, 0.1) is 11.0 Å². The van der Waals surface area contributed by atoms with Gasteiger partial charge in [0.25, 0.3) is 0 Å². The highest BCUT2D eigenvalue weighted by Crippen LogP contribution is 2.32. The Morgan fingerprint density at radius 1 is 1.12 bits per heavy atom. The van der Waals surface area contributed by atoms with E-state index in [1.807, 2.05) is 42.3 Å². The molecule has 24 heavy (non-hydrogen) atoms. The zero-order valence-corrected chi connectivity index (χ0v) is 14.1. The van der Waals surface area contributed by atoms with Crippen molar-refractivity contribution in [3.05, 3.63) is 59.9 Å². The van der Waals surface area contributed by atoms with Crippen molar-refractivity contribution in [1.29, 1.82) is 0 Å². The Morgan fingerprint density at radius 2 is 1.88 bits per heavy atom. The van der Waals surface area contributed by atoms with Gasteiger partial charge in [-0.25, -0.2) is 4.98 Å². The summed E-state index contributed by atoms with van der Waals surface area (Å²) in [5.41, 5.74) is 4.38. The number of fused-ring (bicyclic) bond motifs is 1. The molecule has 4 rings (SSSR count). The van der Waals surface area contributed by atoms with Gasteiger partial charge in [0.15, 0.2) is 0 Å². The number of carbonyl (C=O) groups is 1. The number of rotatable bonds is 3. The minimum Gasteiger partial charge on any atom is -0.331 e. The van der Waals surface area contributed by atoms with E-state index in [0.29, 0.717) is 13.0 Å². The summed E-state index contributed by atoms with van der Waals surface area (Å²) in [5.74, 6) is 1.31. The van der Waals surface area contributed by atoms with Gasteiger partial charge in [0, 0.05) is 31.6 Å². The van der Waals surface area contributed by atoms with Crippen LogP contribution in [0.1, 0.15) is 30.7 Å². The van der Waals surface area contributed by atoms with Crippen LogP contribution in [-0.4, -0.2) is 22.0 Å². The van der Waals surface area contributed by atoms with Gasteiger partial charge in [-0.3, -0.25) is 4.79 Å². The van der Waals surface area contributed by atoms with Gasteiger partial charge >= 0.3 is 0 Å². The van der Waals surface area contributed by atoms with Gasteiger partial charge in [0.2, 0.25) is 5.91 Å². The number of para-hydroxylation sites is 2. The van der Waals surface area contributed by atoms with Crippen molar-refractivity contribution >= 4 is 22.6 Å². The molecular weight excluding hydrogens is 298 g/mol. The molecule has 3 aromatic rings. The molecule has 1 aliphatic rings. The normalized spacial score (nSPS) is 17.8. The fourth-order valence-corrected chi connectivity index (χ4v) is 3.57. The second-order valence-corrected chi connectivity index (χ2v) is 6.44. The molecule has 1 fully saturated rings. The number of imidazole rings is 1. The summed E-state index contributed by atoms with van der Waals surface area (Å²) in [5, 5.41) is 0. The first-order valence-corrected chi connectivity index (χ1v) is 8.48. The molecule has 2 heterocycles. The lowest BCUT2D eigenvalue weighted by molar-refractivity contribution is -0.117. The maximum absolute atomic E-state index is 12.5. The lowest BCUT2D eigenvalue weighted by Gasteiger charge is -2.17. The molecule has 0 aliphatic carbocycles. The SMILES string of the molecule is CCc1ccc(N2C[C@@H](c3nc4ccccc4n3C)CC2=O)cc1. The van der Waals surface area contributed by atoms with Gasteiger partial charge in [-0.15, -0.1) is 0 Å². The van der Waals surface area contributed by atoms with Crippen LogP contribution in [0, 0.1) is 0 Å². The van der Waals surface area contributed by atoms with E-state index >= 15 is 0 Å². The summed E-state index contributed by atoms with van der Waals surface area (Å²) < 4.78 is 2.12. The average Bonchev–Trinajstić information content (AvgIpc) is 3.16. The Hall–Kier alpha value is -2.62. The van der Waals surface area contributed by atoms with Crippen molar-refractivity contribution in [2.45, 2.75) is 25.7 Å². The maximum atomic E-state index is 12.5. The first-order chi connectivity index (χ1) is 11.7. The molecule has 1 aromatic heterocycles. The molecule has 122 valence electrons. The Morgan fingerprint density at radius 3 is 2.58 bits per heavy atom. The number of carbonyl (C=O) groups excluding carboxylic acids is 1. The van der Waals surface area contributed by atoms with Crippen LogP contribution in [0.4, 0.5) is 5.69 Å². The van der Waals surface area contributed by atoms with Gasteiger partial charge < -0.3 is 9.47 Å². The molecule has 4 nitrogen and oxygen atoms in total. The van der Waals surface area contributed by atoms with Crippen molar-refractivity contribution in [2.75, 3.05) is 11.4 Å². The molecule has 1 atom stereocenters. The van der Waals surface area contributed by atoms with Crippen molar-refractivity contribution in [2.24, 2.45) is 7.05 Å². The summed E-state index contributed by atoms with van der Waals surface area (Å²) >= 11 is 0. The van der Waals surface area contributed by atoms with Crippen molar-refractivity contribution in [1.82, 2.24) is 9.55 Å². The van der Waals surface area contributed by atoms with E-state index in [0.717, 1.165) is 29.0 Å². The van der Waals surface area contributed by atoms with E-state index in [4.69, 9.17) is 4.98 Å². The smallest absolute Gasteiger partial charge is 0.227 e. The molecule has 4 heteroatoms. The number of anilines is 1. The quantitative estimate of drug-likeness (QED) is 0.739. The van der Waals surface area contributed by atoms with Crippen LogP contribution in [-0.2, 0) is 18.3 Å². The minimum absolute atomic E-state index is 0.140. The number of hydrogen-bond acceptors (Lipinski definition) is 2. The number of hydrogen-bond donors (Lipinski definition) is 0. The van der Waals surface area contributed by atoms with Gasteiger partial charge in [-0.2, -0.15) is 0 Å². The average molecular weight is 319 g/mol. The maximum Gasteiger partial charge on any atom is 0.227 e. The van der Waals surface area contributed by atoms with E-state index in [1.54, 1.807) is 0 Å². The van der Waals surface area contributed by atoms with Gasteiger partial charge in [-0.05, 0) is 36.2 Å². The topological polar surface area (TPSA) is 38.1 Å². The van der Waals surface area contributed by atoms with Crippen LogP contribution in [0.25, 0.3) is 11.0 Å². The lowest BCUT2D eigenvalue weighted by Crippen LogP contribution is -2.24. The second-order valence-electron chi connectivity index (χ2n) is 6.44. The third-order valence-electron chi connectivity index (χ3n) is 4.97. The lowest BCUT2D eigenvalue weighted by atomic mass is 10.1. The molecule has 0 radical (unpaired) electrons. The van der Waals surface area contributed by atoms with E-state index in [9.17, 15) is 4.79 Å². The molecule has 0 unspecified atom stereocenters. The van der Waals surface area contributed by atoms with E-state index in [2.05, 4.69) is 29.7 Å². The summed E-state index contributed by atoms with van der Waals surface area (Å²) in [6.45, 7) is 2.83. The number of aromatic nitrogens is 2. The molecule has 0 bridgehead atoms. The molecule has 0 spiro atoms. The zero-order chi connectivity index (χ0) is 16.7. The molecule has 0 saturated carbocycles. The molecule has 1 aliphatic heterocycles. The number of nitrogens with zero attached hydrogens (tertiary/aromatic N) is 3. The van der Waals surface area contributed by atoms with Crippen LogP contribution in [0.5, 0.6) is 0 Å². The van der Waals surface area contributed by atoms with E-state index < -0.39 is 0 Å². The number of benzene rings is 2. The van der Waals surface area contributed by atoms with Crippen LogP contribution in [0.3, 0.4) is 0 Å². The highest BCUT2D eigenvalue weighted by Gasteiger charge is 2.34. The number of aryl methyl sites for hydroxylation is 2. The van der Waals surface area contributed by atoms with Crippen LogP contribution >= 0.6 is 0 Å². The Kier molecular flexibility index (Phi) is 3.60. The minimum atomic E-state index is 0.140. The van der Waals surface area contributed by atoms with Gasteiger partial charge in [-0.1, -0.05) is 31.2 Å². The third kappa shape index (κ3) is 2.39. The zero-order valence-electron chi connectivity index (χ0n) is 14.1. The van der Waals surface area contributed by atoms with Crippen molar-refractivity contribution in [3.63, 3.8) is 0 Å². The first kappa shape index (κ1) is 14.9. The Bertz CT molecular complexity index is 895. The fourth-order valence-electron chi connectivity index (χ4n) is 3.57. The fraction of sp³-hybridized carbons (Fsp3) is 0.300. The second kappa shape index (κ2) is 5.78. The predicted octanol–water partition coefficient (Wildman–Crippen LogP) is 3.66.